The molecule has 2 rings (SSSR count). The molecule has 0 amide bonds. The van der Waals surface area contributed by atoms with Crippen LogP contribution in [0.4, 0.5) is 4.39 Å². The van der Waals surface area contributed by atoms with E-state index in [0.29, 0.717) is 19.0 Å². The van der Waals surface area contributed by atoms with E-state index in [1.54, 1.807) is 6.07 Å². The van der Waals surface area contributed by atoms with E-state index in [1.165, 1.54) is 6.07 Å². The van der Waals surface area contributed by atoms with Crippen LogP contribution in [0, 0.1) is 5.82 Å². The van der Waals surface area contributed by atoms with E-state index in [1.807, 2.05) is 23.0 Å². The van der Waals surface area contributed by atoms with Gasteiger partial charge in [0.25, 0.3) is 0 Å². The van der Waals surface area contributed by atoms with Gasteiger partial charge >= 0.3 is 0 Å². The maximum atomic E-state index is 13.9. The summed E-state index contributed by atoms with van der Waals surface area (Å²) in [7, 11) is 0. The fourth-order valence-electron chi connectivity index (χ4n) is 2.02. The molecule has 0 bridgehead atoms. The van der Waals surface area contributed by atoms with Crippen molar-refractivity contribution in [2.75, 3.05) is 6.54 Å². The highest BCUT2D eigenvalue weighted by atomic mass is 19.1. The molecule has 1 aromatic heterocycles. The highest BCUT2D eigenvalue weighted by Crippen LogP contribution is 2.20. The third-order valence-electron chi connectivity index (χ3n) is 3.51. The normalized spacial score (nSPS) is 12.4. The second kappa shape index (κ2) is 7.22. The first-order valence-corrected chi connectivity index (χ1v) is 7.29. The topological polar surface area (TPSA) is 53.1 Å². The molecule has 2 aromatic rings. The molecule has 0 saturated carbocycles. The minimum atomic E-state index is -0.359. The Morgan fingerprint density at radius 1 is 1.38 bits per heavy atom. The Hall–Kier alpha value is -1.88. The molecule has 0 aliphatic rings. The maximum Gasteiger partial charge on any atom is 0.165 e. The zero-order valence-corrected chi connectivity index (χ0v) is 12.6. The number of ether oxygens (including phenoxy) is 1. The molecule has 0 saturated heterocycles. The summed E-state index contributed by atoms with van der Waals surface area (Å²) in [6.45, 7) is 4.98. The zero-order chi connectivity index (χ0) is 15.2. The Morgan fingerprint density at radius 3 is 2.86 bits per heavy atom. The quantitative estimate of drug-likeness (QED) is 0.853. The van der Waals surface area contributed by atoms with E-state index in [9.17, 15) is 4.39 Å². The lowest BCUT2D eigenvalue weighted by Crippen LogP contribution is -2.06. The lowest BCUT2D eigenvalue weighted by Gasteiger charge is -2.09. The average molecular weight is 291 g/mol. The van der Waals surface area contributed by atoms with Gasteiger partial charge in [-0.2, -0.15) is 5.10 Å². The summed E-state index contributed by atoms with van der Waals surface area (Å²) in [5.74, 6) is -0.115. The lowest BCUT2D eigenvalue weighted by atomic mass is 10.1. The smallest absolute Gasteiger partial charge is 0.165 e. The Kier molecular flexibility index (Phi) is 5.33. The summed E-state index contributed by atoms with van der Waals surface area (Å²) in [5, 5.41) is 4.43. The van der Waals surface area contributed by atoms with Crippen molar-refractivity contribution in [1.29, 1.82) is 0 Å². The third-order valence-corrected chi connectivity index (χ3v) is 3.51. The number of hydrogen-bond donors (Lipinski definition) is 1. The largest absolute Gasteiger partial charge is 0.484 e. The number of aromatic nitrogens is 2. The van der Waals surface area contributed by atoms with E-state index in [-0.39, 0.29) is 18.2 Å². The number of nitrogens with two attached hydrogens (primary N) is 1. The molecule has 0 spiro atoms. The molecule has 0 aliphatic heterocycles. The molecular formula is C16H22FN3O. The van der Waals surface area contributed by atoms with Crippen molar-refractivity contribution in [3.8, 4) is 5.75 Å². The molecule has 0 aliphatic carbocycles. The Balaban J connectivity index is 1.98. The van der Waals surface area contributed by atoms with Gasteiger partial charge in [-0.1, -0.05) is 13.0 Å². The molecule has 0 radical (unpaired) electrons. The monoisotopic (exact) mass is 291 g/mol. The van der Waals surface area contributed by atoms with Crippen LogP contribution in [0.3, 0.4) is 0 Å². The zero-order valence-electron chi connectivity index (χ0n) is 12.6. The first-order valence-electron chi connectivity index (χ1n) is 7.29. The number of nitrogens with zero attached hydrogens (tertiary/aromatic N) is 2. The number of hydrogen-bond acceptors (Lipinski definition) is 3. The standard InChI is InChI=1S/C16H22FN3O/c1-3-12(2)20-9-7-14(19-20)11-21-16-5-4-13(6-8-18)10-15(16)17/h4-5,7,9-10,12H,3,6,8,11,18H2,1-2H3. The minimum absolute atomic E-state index is 0.244. The fraction of sp³-hybridized carbons (Fsp3) is 0.438. The summed E-state index contributed by atoms with van der Waals surface area (Å²) < 4.78 is 21.3. The van der Waals surface area contributed by atoms with Crippen LogP contribution >= 0.6 is 0 Å². The minimum Gasteiger partial charge on any atom is -0.484 e. The van der Waals surface area contributed by atoms with Crippen molar-refractivity contribution < 1.29 is 9.13 Å². The number of rotatable bonds is 7. The van der Waals surface area contributed by atoms with Crippen LogP contribution in [0.5, 0.6) is 5.75 Å². The van der Waals surface area contributed by atoms with Crippen LogP contribution in [-0.2, 0) is 13.0 Å². The van der Waals surface area contributed by atoms with Crippen molar-refractivity contribution in [2.45, 2.75) is 39.3 Å². The van der Waals surface area contributed by atoms with Crippen LogP contribution in [0.1, 0.15) is 37.6 Å². The molecular weight excluding hydrogens is 269 g/mol. The van der Waals surface area contributed by atoms with E-state index < -0.39 is 0 Å². The van der Waals surface area contributed by atoms with Gasteiger partial charge in [-0.25, -0.2) is 4.39 Å². The average Bonchev–Trinajstić information content (AvgIpc) is 2.95. The second-order valence-electron chi connectivity index (χ2n) is 5.14. The van der Waals surface area contributed by atoms with Gasteiger partial charge in [0.05, 0.1) is 5.69 Å². The van der Waals surface area contributed by atoms with Gasteiger partial charge in [0.1, 0.15) is 6.61 Å². The van der Waals surface area contributed by atoms with Crippen molar-refractivity contribution in [3.63, 3.8) is 0 Å². The molecule has 1 heterocycles. The van der Waals surface area contributed by atoms with Crippen molar-refractivity contribution in [2.24, 2.45) is 5.73 Å². The summed E-state index contributed by atoms with van der Waals surface area (Å²) in [6.07, 6.45) is 3.60. The molecule has 2 N–H and O–H groups in total. The summed E-state index contributed by atoms with van der Waals surface area (Å²) in [5.41, 5.74) is 7.13. The van der Waals surface area contributed by atoms with Crippen molar-refractivity contribution in [1.82, 2.24) is 9.78 Å². The first-order chi connectivity index (χ1) is 10.1. The third kappa shape index (κ3) is 4.04. The van der Waals surface area contributed by atoms with E-state index in [0.717, 1.165) is 17.7 Å². The van der Waals surface area contributed by atoms with Gasteiger partial charge in [0.2, 0.25) is 0 Å². The highest BCUT2D eigenvalue weighted by molar-refractivity contribution is 5.29. The van der Waals surface area contributed by atoms with Gasteiger partial charge in [-0.3, -0.25) is 4.68 Å². The fourth-order valence-corrected chi connectivity index (χ4v) is 2.02. The Labute approximate surface area is 124 Å². The van der Waals surface area contributed by atoms with Crippen molar-refractivity contribution in [3.05, 3.63) is 47.5 Å². The second-order valence-corrected chi connectivity index (χ2v) is 5.14. The van der Waals surface area contributed by atoms with Crippen molar-refractivity contribution >= 4 is 0 Å². The van der Waals surface area contributed by atoms with E-state index >= 15 is 0 Å². The molecule has 4 nitrogen and oxygen atoms in total. The van der Waals surface area contributed by atoms with E-state index in [4.69, 9.17) is 10.5 Å². The number of benzene rings is 1. The van der Waals surface area contributed by atoms with Crippen LogP contribution in [0.15, 0.2) is 30.5 Å². The van der Waals surface area contributed by atoms with Gasteiger partial charge in [-0.05, 0) is 50.1 Å². The molecule has 0 fully saturated rings. The molecule has 1 unspecified atom stereocenters. The van der Waals surface area contributed by atoms with Gasteiger partial charge < -0.3 is 10.5 Å². The van der Waals surface area contributed by atoms with Crippen LogP contribution in [0.25, 0.3) is 0 Å². The molecule has 1 atom stereocenters. The van der Waals surface area contributed by atoms with E-state index in [2.05, 4.69) is 18.9 Å². The molecule has 1 aromatic carbocycles. The maximum absolute atomic E-state index is 13.9. The van der Waals surface area contributed by atoms with Gasteiger partial charge in [0, 0.05) is 12.2 Å². The van der Waals surface area contributed by atoms with Gasteiger partial charge in [0.15, 0.2) is 11.6 Å². The van der Waals surface area contributed by atoms with Gasteiger partial charge in [-0.15, -0.1) is 0 Å². The Bertz CT molecular complexity index is 583. The van der Waals surface area contributed by atoms with Crippen LogP contribution in [0.2, 0.25) is 0 Å². The summed E-state index contributed by atoms with van der Waals surface area (Å²) >= 11 is 0. The van der Waals surface area contributed by atoms with Crippen LogP contribution in [-0.4, -0.2) is 16.3 Å². The summed E-state index contributed by atoms with van der Waals surface area (Å²) in [6, 6.07) is 7.20. The predicted molar refractivity (Wildman–Crippen MR) is 80.7 cm³/mol. The predicted octanol–water partition coefficient (Wildman–Crippen LogP) is 3.07. The molecule has 114 valence electrons. The Morgan fingerprint density at radius 2 is 2.19 bits per heavy atom. The van der Waals surface area contributed by atoms with Crippen LogP contribution < -0.4 is 10.5 Å². The highest BCUT2D eigenvalue weighted by Gasteiger charge is 2.08. The number of halogens is 1. The summed E-state index contributed by atoms with van der Waals surface area (Å²) in [4.78, 5) is 0. The molecule has 21 heavy (non-hydrogen) atoms. The SMILES string of the molecule is CCC(C)n1ccc(COc2ccc(CCN)cc2F)n1. The molecule has 5 heteroatoms. The first kappa shape index (κ1) is 15.5. The lowest BCUT2D eigenvalue weighted by molar-refractivity contribution is 0.283.